The molecule has 2 aromatic rings. The van der Waals surface area contributed by atoms with Crippen molar-refractivity contribution in [3.63, 3.8) is 0 Å². The van der Waals surface area contributed by atoms with E-state index in [4.69, 9.17) is 9.47 Å². The predicted molar refractivity (Wildman–Crippen MR) is 88.3 cm³/mol. The molecule has 0 aliphatic carbocycles. The van der Waals surface area contributed by atoms with Crippen LogP contribution in [-0.2, 0) is 25.7 Å². The highest BCUT2D eigenvalue weighted by Gasteiger charge is 2.53. The molecular formula is C19H17NO4. The van der Waals surface area contributed by atoms with E-state index in [2.05, 4.69) is 4.99 Å². The molecule has 1 atom stereocenters. The van der Waals surface area contributed by atoms with E-state index in [1.807, 2.05) is 48.5 Å². The first kappa shape index (κ1) is 15.9. The Balaban J connectivity index is 1.81. The van der Waals surface area contributed by atoms with E-state index in [0.29, 0.717) is 5.56 Å². The Bertz CT molecular complexity index is 770. The number of hydrogen-bond donors (Lipinski definition) is 0. The molecule has 5 heteroatoms. The third-order valence-corrected chi connectivity index (χ3v) is 3.90. The second-order valence-electron chi connectivity index (χ2n) is 5.45. The topological polar surface area (TPSA) is 65.0 Å². The van der Waals surface area contributed by atoms with Gasteiger partial charge in [-0.3, -0.25) is 0 Å². The van der Waals surface area contributed by atoms with Crippen LogP contribution >= 0.6 is 0 Å². The minimum absolute atomic E-state index is 0.0882. The quantitative estimate of drug-likeness (QED) is 0.627. The zero-order valence-corrected chi connectivity index (χ0v) is 13.3. The van der Waals surface area contributed by atoms with Crippen LogP contribution in [0, 0.1) is 0 Å². The molecular weight excluding hydrogens is 306 g/mol. The van der Waals surface area contributed by atoms with E-state index in [-0.39, 0.29) is 18.9 Å². The maximum Gasteiger partial charge on any atom is 0.352 e. The van der Waals surface area contributed by atoms with Gasteiger partial charge >= 0.3 is 11.9 Å². The van der Waals surface area contributed by atoms with Gasteiger partial charge in [-0.25, -0.2) is 14.6 Å². The summed E-state index contributed by atoms with van der Waals surface area (Å²) in [6.45, 7) is 1.80. The number of nitrogens with zero attached hydrogens (tertiary/aromatic N) is 1. The number of benzene rings is 2. The standard InChI is InChI=1S/C19H17NO4/c1-2-19(17(21)23-13-14-9-5-3-6-10-14)18(22)24-16(20-19)15-11-7-4-8-12-15/h3-12H,2,13H2,1H3/t19-/m1/s1. The minimum Gasteiger partial charge on any atom is -0.459 e. The van der Waals surface area contributed by atoms with Crippen molar-refractivity contribution in [1.29, 1.82) is 0 Å². The fourth-order valence-corrected chi connectivity index (χ4v) is 2.46. The summed E-state index contributed by atoms with van der Waals surface area (Å²) in [5.74, 6) is -1.23. The number of hydrogen-bond acceptors (Lipinski definition) is 5. The smallest absolute Gasteiger partial charge is 0.352 e. The lowest BCUT2D eigenvalue weighted by Crippen LogP contribution is -2.43. The van der Waals surface area contributed by atoms with Crippen LogP contribution < -0.4 is 0 Å². The van der Waals surface area contributed by atoms with Crippen LogP contribution in [0.25, 0.3) is 0 Å². The maximum absolute atomic E-state index is 12.5. The molecule has 1 aliphatic heterocycles. The van der Waals surface area contributed by atoms with Crippen LogP contribution in [0.2, 0.25) is 0 Å². The second kappa shape index (κ2) is 6.66. The largest absolute Gasteiger partial charge is 0.459 e. The fraction of sp³-hybridized carbons (Fsp3) is 0.211. The summed E-state index contributed by atoms with van der Waals surface area (Å²) in [6.07, 6.45) is 0.176. The Morgan fingerprint density at radius 1 is 1.08 bits per heavy atom. The SMILES string of the molecule is CC[C@]1(C(=O)OCc2ccccc2)N=C(c2ccccc2)OC1=O. The Hall–Kier alpha value is -2.95. The molecule has 0 aromatic heterocycles. The van der Waals surface area contributed by atoms with E-state index in [1.165, 1.54) is 0 Å². The van der Waals surface area contributed by atoms with Crippen LogP contribution in [0.3, 0.4) is 0 Å². The Morgan fingerprint density at radius 2 is 1.71 bits per heavy atom. The molecule has 0 amide bonds. The monoisotopic (exact) mass is 323 g/mol. The van der Waals surface area contributed by atoms with Crippen LogP contribution in [0.1, 0.15) is 24.5 Å². The van der Waals surface area contributed by atoms with E-state index in [0.717, 1.165) is 5.56 Å². The highest BCUT2D eigenvalue weighted by Crippen LogP contribution is 2.28. The predicted octanol–water partition coefficient (Wildman–Crippen LogP) is 2.88. The van der Waals surface area contributed by atoms with Crippen molar-refractivity contribution in [2.45, 2.75) is 25.5 Å². The Morgan fingerprint density at radius 3 is 2.33 bits per heavy atom. The highest BCUT2D eigenvalue weighted by molar-refractivity contribution is 6.17. The lowest BCUT2D eigenvalue weighted by molar-refractivity contribution is -0.159. The van der Waals surface area contributed by atoms with Crippen molar-refractivity contribution in [2.75, 3.05) is 0 Å². The number of aliphatic imine (C=N–C) groups is 1. The number of cyclic esters (lactones) is 1. The molecule has 5 nitrogen and oxygen atoms in total. The average molecular weight is 323 g/mol. The average Bonchev–Trinajstić information content (AvgIpc) is 2.99. The lowest BCUT2D eigenvalue weighted by Gasteiger charge is -2.18. The molecule has 0 N–H and O–H groups in total. The first-order chi connectivity index (χ1) is 11.7. The Kier molecular flexibility index (Phi) is 4.42. The lowest BCUT2D eigenvalue weighted by atomic mass is 9.98. The summed E-state index contributed by atoms with van der Waals surface area (Å²) in [5.41, 5.74) is -0.132. The molecule has 1 aliphatic rings. The maximum atomic E-state index is 12.5. The first-order valence-corrected chi connectivity index (χ1v) is 7.74. The van der Waals surface area contributed by atoms with Gasteiger partial charge in [-0.05, 0) is 24.1 Å². The van der Waals surface area contributed by atoms with Gasteiger partial charge < -0.3 is 9.47 Å². The van der Waals surface area contributed by atoms with E-state index >= 15 is 0 Å². The van der Waals surface area contributed by atoms with Crippen LogP contribution in [-0.4, -0.2) is 23.4 Å². The molecule has 0 fully saturated rings. The van der Waals surface area contributed by atoms with Gasteiger partial charge in [-0.2, -0.15) is 0 Å². The van der Waals surface area contributed by atoms with Crippen molar-refractivity contribution in [2.24, 2.45) is 4.99 Å². The summed E-state index contributed by atoms with van der Waals surface area (Å²) in [5, 5.41) is 0. The number of carbonyl (C=O) groups excluding carboxylic acids is 2. The van der Waals surface area contributed by atoms with Gasteiger partial charge in [-0.1, -0.05) is 55.5 Å². The second-order valence-corrected chi connectivity index (χ2v) is 5.45. The molecule has 0 saturated carbocycles. The van der Waals surface area contributed by atoms with Crippen LogP contribution in [0.4, 0.5) is 0 Å². The van der Waals surface area contributed by atoms with Crippen molar-refractivity contribution < 1.29 is 19.1 Å². The molecule has 24 heavy (non-hydrogen) atoms. The molecule has 0 bridgehead atoms. The van der Waals surface area contributed by atoms with Crippen molar-refractivity contribution in [3.05, 3.63) is 71.8 Å². The zero-order valence-electron chi connectivity index (χ0n) is 13.3. The molecule has 0 unspecified atom stereocenters. The molecule has 0 radical (unpaired) electrons. The summed E-state index contributed by atoms with van der Waals surface area (Å²) in [4.78, 5) is 29.1. The third-order valence-electron chi connectivity index (χ3n) is 3.90. The van der Waals surface area contributed by atoms with Gasteiger partial charge in [0, 0.05) is 5.56 Å². The van der Waals surface area contributed by atoms with E-state index in [9.17, 15) is 9.59 Å². The van der Waals surface area contributed by atoms with Crippen molar-refractivity contribution in [3.8, 4) is 0 Å². The third kappa shape index (κ3) is 2.93. The van der Waals surface area contributed by atoms with E-state index in [1.54, 1.807) is 19.1 Å². The molecule has 122 valence electrons. The molecule has 0 spiro atoms. The molecule has 3 rings (SSSR count). The summed E-state index contributed by atoms with van der Waals surface area (Å²) < 4.78 is 10.6. The van der Waals surface area contributed by atoms with Gasteiger partial charge in [-0.15, -0.1) is 0 Å². The van der Waals surface area contributed by atoms with Crippen molar-refractivity contribution in [1.82, 2.24) is 0 Å². The summed E-state index contributed by atoms with van der Waals surface area (Å²) in [6, 6.07) is 18.3. The van der Waals surface area contributed by atoms with Gasteiger partial charge in [0.05, 0.1) is 0 Å². The number of carbonyl (C=O) groups is 2. The molecule has 0 saturated heterocycles. The minimum atomic E-state index is -1.63. The Labute approximate surface area is 139 Å². The summed E-state index contributed by atoms with van der Waals surface area (Å²) >= 11 is 0. The number of ether oxygens (including phenoxy) is 2. The van der Waals surface area contributed by atoms with Gasteiger partial charge in [0.1, 0.15) is 6.61 Å². The first-order valence-electron chi connectivity index (χ1n) is 7.74. The number of rotatable bonds is 5. The van der Waals surface area contributed by atoms with Crippen molar-refractivity contribution >= 4 is 17.8 Å². The van der Waals surface area contributed by atoms with Gasteiger partial charge in [0.25, 0.3) is 5.54 Å². The van der Waals surface area contributed by atoms with Gasteiger partial charge in [0.15, 0.2) is 0 Å². The molecule has 2 aromatic carbocycles. The fourth-order valence-electron chi connectivity index (χ4n) is 2.46. The van der Waals surface area contributed by atoms with Crippen LogP contribution in [0.15, 0.2) is 65.7 Å². The number of esters is 2. The van der Waals surface area contributed by atoms with Crippen LogP contribution in [0.5, 0.6) is 0 Å². The highest BCUT2D eigenvalue weighted by atomic mass is 16.6. The molecule has 1 heterocycles. The summed E-state index contributed by atoms with van der Waals surface area (Å²) in [7, 11) is 0. The van der Waals surface area contributed by atoms with Gasteiger partial charge in [0.2, 0.25) is 5.90 Å². The van der Waals surface area contributed by atoms with E-state index < -0.39 is 17.5 Å². The normalized spacial score (nSPS) is 19.5. The zero-order chi connectivity index (χ0) is 17.0.